The Morgan fingerprint density at radius 2 is 1.65 bits per heavy atom. The van der Waals surface area contributed by atoms with Crippen LogP contribution in [-0.4, -0.2) is 29.5 Å². The van der Waals surface area contributed by atoms with Crippen LogP contribution in [0.25, 0.3) is 5.76 Å². The van der Waals surface area contributed by atoms with Gasteiger partial charge < -0.3 is 14.6 Å². The number of carbonyl (C=O) groups excluding carboxylic acids is 2. The third kappa shape index (κ3) is 5.53. The van der Waals surface area contributed by atoms with E-state index >= 15 is 0 Å². The van der Waals surface area contributed by atoms with Gasteiger partial charge in [-0.2, -0.15) is 0 Å². The molecular formula is C31H33NO5. The van der Waals surface area contributed by atoms with Crippen LogP contribution in [0.2, 0.25) is 0 Å². The number of benzene rings is 3. The number of ketones is 1. The second-order valence-electron chi connectivity index (χ2n) is 9.30. The molecule has 0 bridgehead atoms. The van der Waals surface area contributed by atoms with E-state index in [1.54, 1.807) is 42.5 Å². The Morgan fingerprint density at radius 1 is 0.946 bits per heavy atom. The van der Waals surface area contributed by atoms with Crippen molar-refractivity contribution in [1.29, 1.82) is 0 Å². The summed E-state index contributed by atoms with van der Waals surface area (Å²) in [5.41, 5.74) is 2.88. The molecule has 1 N–H and O–H groups in total. The number of Topliss-reactive ketones (excluding diaryl/α,β-unsaturated/α-hetero) is 1. The molecule has 3 aromatic rings. The van der Waals surface area contributed by atoms with E-state index in [4.69, 9.17) is 9.47 Å². The van der Waals surface area contributed by atoms with Gasteiger partial charge in [0.15, 0.2) is 0 Å². The van der Waals surface area contributed by atoms with E-state index in [-0.39, 0.29) is 17.4 Å². The molecule has 1 unspecified atom stereocenters. The molecule has 1 aliphatic heterocycles. The normalized spacial score (nSPS) is 16.9. The highest BCUT2D eigenvalue weighted by atomic mass is 16.5. The molecule has 192 valence electrons. The van der Waals surface area contributed by atoms with Gasteiger partial charge in [-0.15, -0.1) is 0 Å². The minimum absolute atomic E-state index is 0.00735. The van der Waals surface area contributed by atoms with Gasteiger partial charge in [0.25, 0.3) is 11.7 Å². The first-order chi connectivity index (χ1) is 17.8. The summed E-state index contributed by atoms with van der Waals surface area (Å²) in [6.45, 7) is 8.49. The highest BCUT2D eigenvalue weighted by molar-refractivity contribution is 6.51. The fraction of sp³-hybridized carbons (Fsp3) is 0.290. The monoisotopic (exact) mass is 499 g/mol. The summed E-state index contributed by atoms with van der Waals surface area (Å²) in [4.78, 5) is 28.3. The van der Waals surface area contributed by atoms with E-state index in [2.05, 4.69) is 6.92 Å². The first-order valence-electron chi connectivity index (χ1n) is 12.7. The molecule has 0 saturated carbocycles. The van der Waals surface area contributed by atoms with Crippen molar-refractivity contribution in [3.05, 3.63) is 95.1 Å². The van der Waals surface area contributed by atoms with Crippen LogP contribution >= 0.6 is 0 Å². The van der Waals surface area contributed by atoms with Crippen molar-refractivity contribution < 1.29 is 24.2 Å². The lowest BCUT2D eigenvalue weighted by atomic mass is 9.94. The zero-order valence-electron chi connectivity index (χ0n) is 21.7. The predicted molar refractivity (Wildman–Crippen MR) is 145 cm³/mol. The first-order valence-corrected chi connectivity index (χ1v) is 12.7. The summed E-state index contributed by atoms with van der Waals surface area (Å²) in [7, 11) is 0. The maximum Gasteiger partial charge on any atom is 0.300 e. The third-order valence-electron chi connectivity index (χ3n) is 6.22. The van der Waals surface area contributed by atoms with Crippen molar-refractivity contribution in [2.75, 3.05) is 11.5 Å². The second-order valence-corrected chi connectivity index (χ2v) is 9.30. The maximum absolute atomic E-state index is 13.4. The topological polar surface area (TPSA) is 76.1 Å². The molecule has 1 heterocycles. The van der Waals surface area contributed by atoms with E-state index in [9.17, 15) is 14.7 Å². The van der Waals surface area contributed by atoms with Gasteiger partial charge in [-0.1, -0.05) is 44.2 Å². The number of ether oxygens (including phenoxy) is 2. The maximum atomic E-state index is 13.4. The molecule has 6 nitrogen and oxygen atoms in total. The summed E-state index contributed by atoms with van der Waals surface area (Å²) in [5.74, 6) is -0.382. The molecular weight excluding hydrogens is 466 g/mol. The number of anilines is 1. The molecule has 0 aliphatic carbocycles. The molecule has 1 atom stereocenters. The van der Waals surface area contributed by atoms with Crippen molar-refractivity contribution in [1.82, 2.24) is 0 Å². The Hall–Kier alpha value is -4.06. The van der Waals surface area contributed by atoms with E-state index in [1.807, 2.05) is 51.1 Å². The van der Waals surface area contributed by atoms with Gasteiger partial charge in [-0.05, 0) is 74.2 Å². The molecule has 1 amide bonds. The number of hydrogen-bond acceptors (Lipinski definition) is 5. The van der Waals surface area contributed by atoms with Crippen LogP contribution in [0.15, 0.2) is 78.4 Å². The predicted octanol–water partition coefficient (Wildman–Crippen LogP) is 6.45. The van der Waals surface area contributed by atoms with Gasteiger partial charge >= 0.3 is 0 Å². The van der Waals surface area contributed by atoms with E-state index in [0.717, 1.165) is 24.0 Å². The van der Waals surface area contributed by atoms with Crippen molar-refractivity contribution in [2.45, 2.75) is 52.7 Å². The zero-order valence-corrected chi connectivity index (χ0v) is 21.7. The fourth-order valence-corrected chi connectivity index (χ4v) is 4.41. The van der Waals surface area contributed by atoms with Crippen LogP contribution in [0.3, 0.4) is 0 Å². The van der Waals surface area contributed by atoms with E-state index in [1.165, 1.54) is 4.90 Å². The van der Waals surface area contributed by atoms with Crippen LogP contribution in [0.4, 0.5) is 5.69 Å². The number of amides is 1. The van der Waals surface area contributed by atoms with Gasteiger partial charge in [-0.25, -0.2) is 0 Å². The molecule has 1 aliphatic rings. The van der Waals surface area contributed by atoms with Crippen molar-refractivity contribution in [3.8, 4) is 11.5 Å². The summed E-state index contributed by atoms with van der Waals surface area (Å²) < 4.78 is 11.5. The molecule has 6 heteroatoms. The average Bonchev–Trinajstić information content (AvgIpc) is 3.17. The number of aliphatic hydroxyl groups is 1. The minimum atomic E-state index is -0.793. The standard InChI is InChI=1S/C31H33NO5/c1-5-18-36-26-9-7-8-24(19-26)32-28(22-12-10-21(6-2)11-13-22)27(30(34)31(32)35)29(33)23-14-16-25(17-15-23)37-20(3)4/h7-17,19-20,28,33H,5-6,18H2,1-4H3/b29-27+. The van der Waals surface area contributed by atoms with Crippen LogP contribution in [0.5, 0.6) is 11.5 Å². The molecule has 0 radical (unpaired) electrons. The number of hydrogen-bond donors (Lipinski definition) is 1. The third-order valence-corrected chi connectivity index (χ3v) is 6.22. The Bertz CT molecular complexity index is 1290. The van der Waals surface area contributed by atoms with Crippen LogP contribution < -0.4 is 14.4 Å². The molecule has 37 heavy (non-hydrogen) atoms. The smallest absolute Gasteiger partial charge is 0.300 e. The zero-order chi connectivity index (χ0) is 26.5. The largest absolute Gasteiger partial charge is 0.507 e. The van der Waals surface area contributed by atoms with Gasteiger partial charge in [-0.3, -0.25) is 14.5 Å². The van der Waals surface area contributed by atoms with Gasteiger partial charge in [0.1, 0.15) is 17.3 Å². The first kappa shape index (κ1) is 26.0. The lowest BCUT2D eigenvalue weighted by Crippen LogP contribution is -2.29. The molecule has 4 rings (SSSR count). The highest BCUT2D eigenvalue weighted by Gasteiger charge is 2.47. The molecule has 0 spiro atoms. The van der Waals surface area contributed by atoms with Crippen LogP contribution in [-0.2, 0) is 16.0 Å². The van der Waals surface area contributed by atoms with Gasteiger partial charge in [0, 0.05) is 17.3 Å². The lowest BCUT2D eigenvalue weighted by molar-refractivity contribution is -0.132. The Balaban J connectivity index is 1.83. The lowest BCUT2D eigenvalue weighted by Gasteiger charge is -2.26. The summed E-state index contributed by atoms with van der Waals surface area (Å²) in [5, 5.41) is 11.4. The van der Waals surface area contributed by atoms with Crippen molar-refractivity contribution in [2.24, 2.45) is 0 Å². The number of rotatable bonds is 9. The minimum Gasteiger partial charge on any atom is -0.507 e. The van der Waals surface area contributed by atoms with Gasteiger partial charge in [0.2, 0.25) is 0 Å². The van der Waals surface area contributed by atoms with Gasteiger partial charge in [0.05, 0.1) is 24.3 Å². The average molecular weight is 500 g/mol. The SMILES string of the molecule is CCCOc1cccc(N2C(=O)C(=O)/C(=C(/O)c3ccc(OC(C)C)cc3)C2c2ccc(CC)cc2)c1. The molecule has 1 saturated heterocycles. The molecule has 0 aromatic heterocycles. The molecule has 3 aromatic carbocycles. The number of aliphatic hydroxyl groups excluding tert-OH is 1. The quantitative estimate of drug-likeness (QED) is 0.208. The summed E-state index contributed by atoms with van der Waals surface area (Å²) >= 11 is 0. The Kier molecular flexibility index (Phi) is 7.97. The number of carbonyl (C=O) groups is 2. The van der Waals surface area contributed by atoms with E-state index < -0.39 is 17.7 Å². The number of nitrogens with zero attached hydrogens (tertiary/aromatic N) is 1. The summed E-state index contributed by atoms with van der Waals surface area (Å²) in [6, 6.07) is 21.0. The summed E-state index contributed by atoms with van der Waals surface area (Å²) in [6.07, 6.45) is 1.72. The van der Waals surface area contributed by atoms with Crippen molar-refractivity contribution in [3.63, 3.8) is 0 Å². The van der Waals surface area contributed by atoms with E-state index in [0.29, 0.717) is 29.4 Å². The fourth-order valence-electron chi connectivity index (χ4n) is 4.41. The highest BCUT2D eigenvalue weighted by Crippen LogP contribution is 2.43. The Labute approximate surface area is 218 Å². The van der Waals surface area contributed by atoms with Crippen LogP contribution in [0.1, 0.15) is 56.8 Å². The Morgan fingerprint density at radius 3 is 2.27 bits per heavy atom. The molecule has 1 fully saturated rings. The second kappa shape index (κ2) is 11.3. The van der Waals surface area contributed by atoms with Crippen molar-refractivity contribution >= 4 is 23.1 Å². The van der Waals surface area contributed by atoms with Crippen LogP contribution in [0, 0.1) is 0 Å². The number of aryl methyl sites for hydroxylation is 1.